The van der Waals surface area contributed by atoms with Gasteiger partial charge in [0.25, 0.3) is 10.2 Å². The van der Waals surface area contributed by atoms with Gasteiger partial charge in [0.15, 0.2) is 0 Å². The van der Waals surface area contributed by atoms with Gasteiger partial charge in [-0.2, -0.15) is 17.0 Å². The highest BCUT2D eigenvalue weighted by atomic mass is 32.2. The van der Waals surface area contributed by atoms with Crippen LogP contribution in [-0.4, -0.2) is 80.0 Å². The summed E-state index contributed by atoms with van der Waals surface area (Å²) in [5.74, 6) is 0.819. The Balaban J connectivity index is 1.34. The van der Waals surface area contributed by atoms with Gasteiger partial charge in [-0.25, -0.2) is 4.79 Å². The molecule has 1 amide bonds. The highest BCUT2D eigenvalue weighted by Crippen LogP contribution is 2.30. The van der Waals surface area contributed by atoms with Gasteiger partial charge in [-0.15, -0.1) is 0 Å². The van der Waals surface area contributed by atoms with Gasteiger partial charge >= 0.3 is 6.09 Å². The number of hydrogen-bond donors (Lipinski definition) is 0. The fraction of sp³-hybridized carbons (Fsp3) is 0.632. The average Bonchev–Trinajstić information content (AvgIpc) is 3.41. The van der Waals surface area contributed by atoms with E-state index in [-0.39, 0.29) is 24.8 Å². The van der Waals surface area contributed by atoms with E-state index >= 15 is 0 Å². The monoisotopic (exact) mass is 409 g/mol. The molecule has 0 N–H and O–H groups in total. The van der Waals surface area contributed by atoms with Crippen molar-refractivity contribution in [3.8, 4) is 5.75 Å². The second-order valence-corrected chi connectivity index (χ2v) is 9.49. The number of nitrogens with zero attached hydrogens (tertiary/aromatic N) is 3. The summed E-state index contributed by atoms with van der Waals surface area (Å²) < 4.78 is 39.2. The van der Waals surface area contributed by atoms with Crippen LogP contribution in [0.3, 0.4) is 0 Å². The Morgan fingerprint density at radius 1 is 1.11 bits per heavy atom. The first-order valence-corrected chi connectivity index (χ1v) is 11.2. The summed E-state index contributed by atoms with van der Waals surface area (Å²) in [6, 6.07) is 7.69. The number of carbonyl (C=O) groups excluding carboxylic acids is 1. The fourth-order valence-corrected chi connectivity index (χ4v) is 5.97. The van der Waals surface area contributed by atoms with Gasteiger partial charge in [0.05, 0.1) is 19.7 Å². The molecule has 3 aliphatic rings. The number of rotatable bonds is 7. The minimum atomic E-state index is -3.45. The van der Waals surface area contributed by atoms with Gasteiger partial charge in [0, 0.05) is 26.2 Å². The lowest BCUT2D eigenvalue weighted by Gasteiger charge is -2.25. The molecule has 0 bridgehead atoms. The molecule has 0 aromatic heterocycles. The first-order chi connectivity index (χ1) is 13.5. The number of fused-ring (bicyclic) bond motifs is 1. The van der Waals surface area contributed by atoms with Gasteiger partial charge in [-0.1, -0.05) is 12.1 Å². The Kier molecular flexibility index (Phi) is 5.48. The zero-order chi connectivity index (χ0) is 19.7. The van der Waals surface area contributed by atoms with E-state index in [2.05, 4.69) is 0 Å². The first-order valence-electron chi connectivity index (χ1n) is 9.84. The third-order valence-electron chi connectivity index (χ3n) is 5.83. The van der Waals surface area contributed by atoms with Crippen LogP contribution in [0.2, 0.25) is 0 Å². The number of methoxy groups -OCH3 is 1. The SMILES string of the molecule is COc1ccc(CCCN2C(=O)O[C@@H]3CN(S(=O)(=O)N4CCCC4)C[C@@H]32)cc1. The molecule has 1 aromatic rings. The van der Waals surface area contributed by atoms with Gasteiger partial charge in [-0.3, -0.25) is 0 Å². The van der Waals surface area contributed by atoms with Crippen molar-refractivity contribution >= 4 is 16.3 Å². The Hall–Kier alpha value is -1.84. The molecule has 28 heavy (non-hydrogen) atoms. The number of aryl methyl sites for hydroxylation is 1. The quantitative estimate of drug-likeness (QED) is 0.681. The zero-order valence-corrected chi connectivity index (χ0v) is 16.9. The van der Waals surface area contributed by atoms with E-state index in [0.717, 1.165) is 31.4 Å². The molecule has 9 heteroatoms. The van der Waals surface area contributed by atoms with Crippen molar-refractivity contribution in [2.24, 2.45) is 0 Å². The Labute approximate surface area is 166 Å². The van der Waals surface area contributed by atoms with Crippen LogP contribution in [0.15, 0.2) is 24.3 Å². The normalized spacial score (nSPS) is 25.9. The molecule has 0 saturated carbocycles. The third-order valence-corrected chi connectivity index (χ3v) is 7.80. The average molecular weight is 410 g/mol. The molecular weight excluding hydrogens is 382 g/mol. The molecule has 3 fully saturated rings. The van der Waals surface area contributed by atoms with Crippen molar-refractivity contribution in [1.82, 2.24) is 13.5 Å². The van der Waals surface area contributed by atoms with Crippen molar-refractivity contribution in [3.05, 3.63) is 29.8 Å². The topological polar surface area (TPSA) is 79.4 Å². The molecule has 0 aliphatic carbocycles. The van der Waals surface area contributed by atoms with E-state index in [1.54, 1.807) is 16.3 Å². The number of ether oxygens (including phenoxy) is 2. The fourth-order valence-electron chi connectivity index (χ4n) is 4.24. The largest absolute Gasteiger partial charge is 0.497 e. The molecule has 0 radical (unpaired) electrons. The molecule has 4 rings (SSSR count). The van der Waals surface area contributed by atoms with E-state index in [4.69, 9.17) is 9.47 Å². The summed E-state index contributed by atoms with van der Waals surface area (Å²) in [5.41, 5.74) is 1.18. The number of hydrogen-bond acceptors (Lipinski definition) is 5. The van der Waals surface area contributed by atoms with E-state index in [0.29, 0.717) is 26.2 Å². The lowest BCUT2D eigenvalue weighted by Crippen LogP contribution is -2.44. The minimum absolute atomic E-state index is 0.194. The second-order valence-electron chi connectivity index (χ2n) is 7.57. The second kappa shape index (κ2) is 7.88. The highest BCUT2D eigenvalue weighted by molar-refractivity contribution is 7.86. The van der Waals surface area contributed by atoms with Gasteiger partial charge < -0.3 is 14.4 Å². The van der Waals surface area contributed by atoms with Gasteiger partial charge in [0.2, 0.25) is 0 Å². The molecule has 3 aliphatic heterocycles. The number of amides is 1. The van der Waals surface area contributed by atoms with Gasteiger partial charge in [0.1, 0.15) is 11.9 Å². The number of benzene rings is 1. The van der Waals surface area contributed by atoms with Crippen LogP contribution in [0.25, 0.3) is 0 Å². The molecule has 3 saturated heterocycles. The summed E-state index contributed by atoms with van der Waals surface area (Å²) in [4.78, 5) is 13.9. The smallest absolute Gasteiger partial charge is 0.410 e. The Morgan fingerprint density at radius 2 is 1.82 bits per heavy atom. The maximum Gasteiger partial charge on any atom is 0.410 e. The standard InChI is InChI=1S/C19H27N3O5S/c1-26-16-8-6-15(7-9-16)5-4-12-22-17-13-21(14-18(17)27-19(22)23)28(24,25)20-10-2-3-11-20/h6-9,17-18H,2-5,10-14H2,1H3/t17-,18+/m0/s1. The van der Waals surface area contributed by atoms with Crippen molar-refractivity contribution in [1.29, 1.82) is 0 Å². The maximum atomic E-state index is 12.8. The lowest BCUT2D eigenvalue weighted by molar-refractivity contribution is 0.128. The van der Waals surface area contributed by atoms with Gasteiger partial charge in [-0.05, 0) is 43.4 Å². The van der Waals surface area contributed by atoms with Crippen LogP contribution in [0.4, 0.5) is 4.79 Å². The summed E-state index contributed by atoms with van der Waals surface area (Å²) >= 11 is 0. The predicted octanol–water partition coefficient (Wildman–Crippen LogP) is 1.47. The summed E-state index contributed by atoms with van der Waals surface area (Å²) in [6.45, 7) is 2.30. The molecule has 0 unspecified atom stereocenters. The molecule has 2 atom stereocenters. The molecular formula is C19H27N3O5S. The van der Waals surface area contributed by atoms with Crippen LogP contribution in [0.1, 0.15) is 24.8 Å². The number of carbonyl (C=O) groups is 1. The van der Waals surface area contributed by atoms with Crippen molar-refractivity contribution in [2.45, 2.75) is 37.8 Å². The molecule has 8 nitrogen and oxygen atoms in total. The Bertz CT molecular complexity index is 807. The van der Waals surface area contributed by atoms with Crippen LogP contribution in [0, 0.1) is 0 Å². The van der Waals surface area contributed by atoms with E-state index in [1.165, 1.54) is 9.87 Å². The maximum absolute atomic E-state index is 12.8. The highest BCUT2D eigenvalue weighted by Gasteiger charge is 2.51. The third kappa shape index (κ3) is 3.70. The van der Waals surface area contributed by atoms with Crippen molar-refractivity contribution in [2.75, 3.05) is 39.8 Å². The van der Waals surface area contributed by atoms with Crippen LogP contribution >= 0.6 is 0 Å². The van der Waals surface area contributed by atoms with E-state index < -0.39 is 10.2 Å². The first kappa shape index (κ1) is 19.5. The molecule has 3 heterocycles. The van der Waals surface area contributed by atoms with Crippen molar-refractivity contribution in [3.63, 3.8) is 0 Å². The van der Waals surface area contributed by atoms with E-state index in [9.17, 15) is 13.2 Å². The van der Waals surface area contributed by atoms with E-state index in [1.807, 2.05) is 24.3 Å². The molecule has 1 aromatic carbocycles. The lowest BCUT2D eigenvalue weighted by atomic mass is 10.1. The summed E-state index contributed by atoms with van der Waals surface area (Å²) in [5, 5.41) is 0. The van der Waals surface area contributed by atoms with Crippen molar-refractivity contribution < 1.29 is 22.7 Å². The van der Waals surface area contributed by atoms with Crippen LogP contribution in [0.5, 0.6) is 5.75 Å². The summed E-state index contributed by atoms with van der Waals surface area (Å²) in [6.07, 6.45) is 2.75. The Morgan fingerprint density at radius 3 is 2.50 bits per heavy atom. The molecule has 154 valence electrons. The van der Waals surface area contributed by atoms with Crippen LogP contribution < -0.4 is 4.74 Å². The summed E-state index contributed by atoms with van der Waals surface area (Å²) in [7, 11) is -1.82. The molecule has 0 spiro atoms. The minimum Gasteiger partial charge on any atom is -0.497 e. The predicted molar refractivity (Wildman–Crippen MR) is 103 cm³/mol. The zero-order valence-electron chi connectivity index (χ0n) is 16.1. The van der Waals surface area contributed by atoms with Crippen LogP contribution in [-0.2, 0) is 21.4 Å².